The van der Waals surface area contributed by atoms with Crippen LogP contribution in [0.25, 0.3) is 0 Å². The van der Waals surface area contributed by atoms with Gasteiger partial charge in [-0.2, -0.15) is 0 Å². The molecule has 1 fully saturated rings. The van der Waals surface area contributed by atoms with Crippen LogP contribution in [-0.4, -0.2) is 64.6 Å². The number of hydrogen-bond acceptors (Lipinski definition) is 5. The summed E-state index contributed by atoms with van der Waals surface area (Å²) in [7, 11) is 0. The molecule has 1 aliphatic rings. The van der Waals surface area contributed by atoms with E-state index in [1.165, 1.54) is 11.8 Å². The predicted octanol–water partition coefficient (Wildman–Crippen LogP) is 2.10. The van der Waals surface area contributed by atoms with Gasteiger partial charge in [-0.3, -0.25) is 9.69 Å². The fourth-order valence-corrected chi connectivity index (χ4v) is 3.50. The maximum Gasteiger partial charge on any atom is 0.408 e. The number of hydrogen-bond donors (Lipinski definition) is 2. The Morgan fingerprint density at radius 3 is 2.29 bits per heavy atom. The highest BCUT2D eigenvalue weighted by Crippen LogP contribution is 2.13. The molecule has 2 atom stereocenters. The topological polar surface area (TPSA) is 99.2 Å². The normalized spacial score (nSPS) is 18.2. The highest BCUT2D eigenvalue weighted by molar-refractivity contribution is 5.89. The molecule has 1 saturated heterocycles. The van der Waals surface area contributed by atoms with E-state index >= 15 is 0 Å². The minimum Gasteiger partial charge on any atom is -0.480 e. The van der Waals surface area contributed by atoms with Crippen molar-refractivity contribution in [2.75, 3.05) is 19.6 Å². The molecular formula is C23H27N3O5. The Hall–Kier alpha value is -3.39. The van der Waals surface area contributed by atoms with Crippen molar-refractivity contribution in [1.82, 2.24) is 15.1 Å². The number of nitrogens with one attached hydrogen (secondary N) is 1. The lowest BCUT2D eigenvalue weighted by molar-refractivity contribution is -0.149. The second-order valence-corrected chi connectivity index (χ2v) is 7.53. The van der Waals surface area contributed by atoms with Gasteiger partial charge >= 0.3 is 12.1 Å². The van der Waals surface area contributed by atoms with Gasteiger partial charge in [-0.1, -0.05) is 60.7 Å². The van der Waals surface area contributed by atoms with E-state index in [1.807, 2.05) is 65.6 Å². The number of benzene rings is 2. The molecule has 0 saturated carbocycles. The number of nitrogens with zero attached hydrogens (tertiary/aromatic N) is 2. The maximum absolute atomic E-state index is 13.1. The second kappa shape index (κ2) is 10.6. The number of alkyl carbamates (subject to hydrolysis) is 1. The van der Waals surface area contributed by atoms with E-state index in [0.29, 0.717) is 13.1 Å². The Kier molecular flexibility index (Phi) is 7.61. The van der Waals surface area contributed by atoms with Gasteiger partial charge in [0.2, 0.25) is 5.91 Å². The molecule has 8 heteroatoms. The van der Waals surface area contributed by atoms with Gasteiger partial charge in [0.1, 0.15) is 18.7 Å². The van der Waals surface area contributed by atoms with E-state index in [2.05, 4.69) is 5.32 Å². The summed E-state index contributed by atoms with van der Waals surface area (Å²) in [5, 5.41) is 12.0. The average molecular weight is 425 g/mol. The highest BCUT2D eigenvalue weighted by atomic mass is 16.5. The zero-order valence-electron chi connectivity index (χ0n) is 17.4. The minimum absolute atomic E-state index is 0.0799. The third kappa shape index (κ3) is 6.29. The summed E-state index contributed by atoms with van der Waals surface area (Å²) in [5.41, 5.74) is 1.90. The summed E-state index contributed by atoms with van der Waals surface area (Å²) >= 11 is 0. The first-order chi connectivity index (χ1) is 14.9. The van der Waals surface area contributed by atoms with Crippen LogP contribution in [0.1, 0.15) is 18.1 Å². The standard InChI is InChI=1S/C23H27N3O5/c1-17(22(28)29)26-13-12-25(14-18-8-4-2-5-9-18)15-20(21(26)27)24-23(30)31-16-19-10-6-3-7-11-19/h2-11,17,20H,12-16H2,1H3,(H,24,30)(H,28,29). The first kappa shape index (κ1) is 22.3. The molecule has 1 heterocycles. The van der Waals surface area contributed by atoms with Crippen LogP contribution in [-0.2, 0) is 27.5 Å². The van der Waals surface area contributed by atoms with E-state index in [-0.39, 0.29) is 19.7 Å². The number of carboxylic acids is 1. The quantitative estimate of drug-likeness (QED) is 0.705. The first-order valence-corrected chi connectivity index (χ1v) is 10.2. The van der Waals surface area contributed by atoms with Crippen molar-refractivity contribution in [2.45, 2.75) is 32.2 Å². The molecule has 3 rings (SSSR count). The molecule has 2 N–H and O–H groups in total. The Morgan fingerprint density at radius 2 is 1.68 bits per heavy atom. The Balaban J connectivity index is 1.70. The highest BCUT2D eigenvalue weighted by Gasteiger charge is 2.36. The van der Waals surface area contributed by atoms with Crippen molar-refractivity contribution in [3.05, 3.63) is 71.8 Å². The molecule has 0 spiro atoms. The number of carbonyl (C=O) groups is 3. The van der Waals surface area contributed by atoms with Crippen molar-refractivity contribution < 1.29 is 24.2 Å². The predicted molar refractivity (Wildman–Crippen MR) is 114 cm³/mol. The van der Waals surface area contributed by atoms with E-state index in [0.717, 1.165) is 11.1 Å². The molecule has 2 unspecified atom stereocenters. The van der Waals surface area contributed by atoms with Crippen LogP contribution in [0.2, 0.25) is 0 Å². The number of carboxylic acid groups (broad SMARTS) is 1. The summed E-state index contributed by atoms with van der Waals surface area (Å²) in [6, 6.07) is 17.1. The number of amides is 2. The Bertz CT molecular complexity index is 891. The molecule has 2 amide bonds. The minimum atomic E-state index is -1.09. The largest absolute Gasteiger partial charge is 0.480 e. The molecule has 0 bridgehead atoms. The lowest BCUT2D eigenvalue weighted by Crippen LogP contribution is -2.53. The monoisotopic (exact) mass is 425 g/mol. The van der Waals surface area contributed by atoms with E-state index in [9.17, 15) is 19.5 Å². The molecule has 0 radical (unpaired) electrons. The molecular weight excluding hydrogens is 398 g/mol. The van der Waals surface area contributed by atoms with Crippen molar-refractivity contribution in [3.8, 4) is 0 Å². The second-order valence-electron chi connectivity index (χ2n) is 7.53. The summed E-state index contributed by atoms with van der Waals surface area (Å²) < 4.78 is 5.26. The third-order valence-corrected chi connectivity index (χ3v) is 5.26. The third-order valence-electron chi connectivity index (χ3n) is 5.26. The van der Waals surface area contributed by atoms with Crippen LogP contribution in [0.3, 0.4) is 0 Å². The van der Waals surface area contributed by atoms with Crippen LogP contribution in [0.15, 0.2) is 60.7 Å². The van der Waals surface area contributed by atoms with Gasteiger partial charge < -0.3 is 20.1 Å². The van der Waals surface area contributed by atoms with Crippen molar-refractivity contribution in [2.24, 2.45) is 0 Å². The first-order valence-electron chi connectivity index (χ1n) is 10.2. The van der Waals surface area contributed by atoms with E-state index in [4.69, 9.17) is 4.74 Å². The number of rotatable bonds is 7. The molecule has 31 heavy (non-hydrogen) atoms. The number of ether oxygens (including phenoxy) is 1. The van der Waals surface area contributed by atoms with Crippen LogP contribution in [0, 0.1) is 0 Å². The van der Waals surface area contributed by atoms with Crippen LogP contribution in [0.4, 0.5) is 4.79 Å². The fraction of sp³-hybridized carbons (Fsp3) is 0.348. The van der Waals surface area contributed by atoms with Crippen LogP contribution < -0.4 is 5.32 Å². The molecule has 0 aromatic heterocycles. The molecule has 164 valence electrons. The van der Waals surface area contributed by atoms with Gasteiger partial charge in [-0.15, -0.1) is 0 Å². The smallest absolute Gasteiger partial charge is 0.408 e. The van der Waals surface area contributed by atoms with Crippen molar-refractivity contribution in [1.29, 1.82) is 0 Å². The van der Waals surface area contributed by atoms with E-state index < -0.39 is 30.1 Å². The van der Waals surface area contributed by atoms with E-state index in [1.54, 1.807) is 0 Å². The van der Waals surface area contributed by atoms with Gasteiger partial charge in [0.15, 0.2) is 0 Å². The zero-order valence-corrected chi connectivity index (χ0v) is 17.4. The number of aliphatic carboxylic acids is 1. The summed E-state index contributed by atoms with van der Waals surface area (Å²) in [6.45, 7) is 3.15. The number of carbonyl (C=O) groups excluding carboxylic acids is 2. The molecule has 8 nitrogen and oxygen atoms in total. The van der Waals surface area contributed by atoms with Gasteiger partial charge in [0, 0.05) is 26.2 Å². The summed E-state index contributed by atoms with van der Waals surface area (Å²) in [4.78, 5) is 40.3. The Labute approximate surface area is 181 Å². The zero-order chi connectivity index (χ0) is 22.2. The molecule has 2 aromatic rings. The summed E-state index contributed by atoms with van der Waals surface area (Å²) in [6.07, 6.45) is -0.716. The SMILES string of the molecule is CC(C(=O)O)N1CCN(Cc2ccccc2)CC(NC(=O)OCc2ccccc2)C1=O. The lowest BCUT2D eigenvalue weighted by Gasteiger charge is -2.27. The van der Waals surface area contributed by atoms with Crippen molar-refractivity contribution >= 4 is 18.0 Å². The van der Waals surface area contributed by atoms with Crippen LogP contribution in [0.5, 0.6) is 0 Å². The van der Waals surface area contributed by atoms with Gasteiger partial charge in [0.05, 0.1) is 0 Å². The fourth-order valence-electron chi connectivity index (χ4n) is 3.50. The summed E-state index contributed by atoms with van der Waals surface area (Å²) in [5.74, 6) is -1.52. The maximum atomic E-state index is 13.1. The Morgan fingerprint density at radius 1 is 1.06 bits per heavy atom. The van der Waals surface area contributed by atoms with Crippen LogP contribution >= 0.6 is 0 Å². The molecule has 2 aromatic carbocycles. The van der Waals surface area contributed by atoms with Gasteiger partial charge in [-0.25, -0.2) is 9.59 Å². The average Bonchev–Trinajstić information content (AvgIpc) is 2.92. The van der Waals surface area contributed by atoms with Crippen molar-refractivity contribution in [3.63, 3.8) is 0 Å². The molecule has 0 aliphatic carbocycles. The van der Waals surface area contributed by atoms with Gasteiger partial charge in [0.25, 0.3) is 0 Å². The van der Waals surface area contributed by atoms with Gasteiger partial charge in [-0.05, 0) is 18.1 Å². The molecule has 1 aliphatic heterocycles. The lowest BCUT2D eigenvalue weighted by atomic mass is 10.2.